The number of hydrogen-bond acceptors (Lipinski definition) is 6. The lowest BCUT2D eigenvalue weighted by molar-refractivity contribution is 0.0122. The summed E-state index contributed by atoms with van der Waals surface area (Å²) < 4.78 is 5.76. The van der Waals surface area contributed by atoms with Crippen molar-refractivity contribution < 1.29 is 9.53 Å². The predicted octanol–water partition coefficient (Wildman–Crippen LogP) is 5.47. The summed E-state index contributed by atoms with van der Waals surface area (Å²) in [5.74, 6) is 1.11. The van der Waals surface area contributed by atoms with Crippen LogP contribution in [-0.2, 0) is 29.4 Å². The molecule has 2 fully saturated rings. The van der Waals surface area contributed by atoms with E-state index in [0.29, 0.717) is 0 Å². The molecule has 7 heteroatoms. The second kappa shape index (κ2) is 8.64. The van der Waals surface area contributed by atoms with E-state index in [0.717, 1.165) is 56.2 Å². The molecule has 6 nitrogen and oxygen atoms in total. The van der Waals surface area contributed by atoms with Gasteiger partial charge in [-0.1, -0.05) is 30.0 Å². The molecule has 6 rings (SSSR count). The van der Waals surface area contributed by atoms with Gasteiger partial charge in [0.15, 0.2) is 5.16 Å². The first kappa shape index (κ1) is 24.1. The van der Waals surface area contributed by atoms with E-state index < -0.39 is 5.60 Å². The molecule has 3 atom stereocenters. The highest BCUT2D eigenvalue weighted by atomic mass is 32.2. The number of carbonyl (C=O) groups is 1. The summed E-state index contributed by atoms with van der Waals surface area (Å²) in [6.07, 6.45) is 9.56. The maximum Gasteiger partial charge on any atom is 0.410 e. The monoisotopic (exact) mass is 506 g/mol. The zero-order chi connectivity index (χ0) is 25.2. The second-order valence-corrected chi connectivity index (χ2v) is 13.0. The quantitative estimate of drug-likeness (QED) is 0.398. The van der Waals surface area contributed by atoms with Gasteiger partial charge in [-0.25, -0.2) is 14.8 Å². The number of ether oxygens (including phenoxy) is 1. The van der Waals surface area contributed by atoms with Crippen molar-refractivity contribution in [3.63, 3.8) is 0 Å². The molecule has 4 aliphatic rings. The van der Waals surface area contributed by atoms with Gasteiger partial charge < -0.3 is 9.64 Å². The third kappa shape index (κ3) is 3.98. The average Bonchev–Trinajstić information content (AvgIpc) is 3.32. The van der Waals surface area contributed by atoms with Crippen LogP contribution in [0.15, 0.2) is 23.4 Å². The second-order valence-electron chi connectivity index (χ2n) is 12.2. The van der Waals surface area contributed by atoms with Crippen LogP contribution >= 0.6 is 11.8 Å². The Bertz CT molecular complexity index is 1190. The molecule has 0 N–H and O–H groups in total. The fourth-order valence-electron chi connectivity index (χ4n) is 7.19. The Balaban J connectivity index is 1.30. The summed E-state index contributed by atoms with van der Waals surface area (Å²) in [5.41, 5.74) is 6.88. The van der Waals surface area contributed by atoms with E-state index in [2.05, 4.69) is 36.3 Å². The van der Waals surface area contributed by atoms with Crippen LogP contribution in [0.1, 0.15) is 74.4 Å². The van der Waals surface area contributed by atoms with E-state index in [4.69, 9.17) is 14.7 Å². The van der Waals surface area contributed by atoms with Gasteiger partial charge in [0.05, 0.1) is 17.8 Å². The molecular formula is C29H38N4O2S. The van der Waals surface area contributed by atoms with Crippen molar-refractivity contribution in [1.29, 1.82) is 0 Å². The highest BCUT2D eigenvalue weighted by molar-refractivity contribution is 7.98. The Morgan fingerprint density at radius 1 is 1.08 bits per heavy atom. The topological polar surface area (TPSA) is 58.6 Å². The third-order valence-corrected chi connectivity index (χ3v) is 9.36. The SMILES string of the molecule is CSc1nc2c(c(N3C[C@H]4CC[C@@H](C3)N4C(=O)OC(C)(C)C)n1)CCC1(CCc3c(C)cccc31)C2. The predicted molar refractivity (Wildman–Crippen MR) is 144 cm³/mol. The molecule has 1 unspecified atom stereocenters. The number of amides is 1. The number of thioether (sulfide) groups is 1. The summed E-state index contributed by atoms with van der Waals surface area (Å²) in [6, 6.07) is 7.22. The van der Waals surface area contributed by atoms with Crippen molar-refractivity contribution in [2.45, 2.75) is 101 Å². The summed E-state index contributed by atoms with van der Waals surface area (Å²) >= 11 is 1.63. The maximum atomic E-state index is 13.0. The van der Waals surface area contributed by atoms with Gasteiger partial charge in [-0.05, 0) is 95.6 Å². The molecular weight excluding hydrogens is 468 g/mol. The Kier molecular flexibility index (Phi) is 5.78. The number of hydrogen-bond donors (Lipinski definition) is 0. The minimum Gasteiger partial charge on any atom is -0.444 e. The van der Waals surface area contributed by atoms with E-state index in [-0.39, 0.29) is 23.6 Å². The molecule has 1 aromatic heterocycles. The van der Waals surface area contributed by atoms with Gasteiger partial charge in [-0.2, -0.15) is 0 Å². The van der Waals surface area contributed by atoms with Crippen molar-refractivity contribution in [3.8, 4) is 0 Å². The van der Waals surface area contributed by atoms with Gasteiger partial charge in [0.25, 0.3) is 0 Å². The van der Waals surface area contributed by atoms with Crippen molar-refractivity contribution >= 4 is 23.7 Å². The van der Waals surface area contributed by atoms with Crippen molar-refractivity contribution in [1.82, 2.24) is 14.9 Å². The van der Waals surface area contributed by atoms with Crippen molar-refractivity contribution in [3.05, 3.63) is 46.1 Å². The number of piperazine rings is 1. The number of aryl methyl sites for hydroxylation is 1. The molecule has 0 radical (unpaired) electrons. The highest BCUT2D eigenvalue weighted by Gasteiger charge is 2.47. The molecule has 2 aliphatic carbocycles. The number of benzene rings is 1. The van der Waals surface area contributed by atoms with E-state index >= 15 is 0 Å². The molecule has 192 valence electrons. The van der Waals surface area contributed by atoms with Crippen molar-refractivity contribution in [2.75, 3.05) is 24.2 Å². The van der Waals surface area contributed by atoms with Crippen LogP contribution in [0.2, 0.25) is 0 Å². The van der Waals surface area contributed by atoms with Gasteiger partial charge in [0, 0.05) is 24.1 Å². The van der Waals surface area contributed by atoms with Crippen LogP contribution in [0.25, 0.3) is 0 Å². The molecule has 0 saturated carbocycles. The lowest BCUT2D eigenvalue weighted by Gasteiger charge is -2.43. The van der Waals surface area contributed by atoms with E-state index in [9.17, 15) is 4.79 Å². The number of nitrogens with zero attached hydrogens (tertiary/aromatic N) is 4. The van der Waals surface area contributed by atoms with E-state index in [1.54, 1.807) is 22.9 Å². The number of aromatic nitrogens is 2. The minimum atomic E-state index is -0.472. The zero-order valence-corrected chi connectivity index (χ0v) is 23.1. The van der Waals surface area contributed by atoms with Gasteiger partial charge in [-0.15, -0.1) is 0 Å². The first-order valence-electron chi connectivity index (χ1n) is 13.5. The molecule has 3 heterocycles. The highest BCUT2D eigenvalue weighted by Crippen LogP contribution is 2.49. The molecule has 1 aromatic carbocycles. The lowest BCUT2D eigenvalue weighted by atomic mass is 9.69. The summed E-state index contributed by atoms with van der Waals surface area (Å²) in [7, 11) is 0. The van der Waals surface area contributed by atoms with Gasteiger partial charge >= 0.3 is 6.09 Å². The largest absolute Gasteiger partial charge is 0.444 e. The van der Waals surface area contributed by atoms with Crippen LogP contribution in [0, 0.1) is 6.92 Å². The van der Waals surface area contributed by atoms with Crippen LogP contribution in [0.4, 0.5) is 10.6 Å². The summed E-state index contributed by atoms with van der Waals surface area (Å²) in [5, 5.41) is 0.866. The molecule has 2 aromatic rings. The molecule has 1 spiro atoms. The van der Waals surface area contributed by atoms with Crippen LogP contribution in [0.3, 0.4) is 0 Å². The van der Waals surface area contributed by atoms with Gasteiger partial charge in [0.1, 0.15) is 11.4 Å². The number of carbonyl (C=O) groups excluding carboxylic acids is 1. The average molecular weight is 507 g/mol. The normalized spacial score (nSPS) is 26.8. The number of anilines is 1. The third-order valence-electron chi connectivity index (χ3n) is 8.81. The summed E-state index contributed by atoms with van der Waals surface area (Å²) in [4.78, 5) is 27.6. The van der Waals surface area contributed by atoms with Crippen LogP contribution < -0.4 is 4.90 Å². The molecule has 2 aliphatic heterocycles. The fraction of sp³-hybridized carbons (Fsp3) is 0.621. The van der Waals surface area contributed by atoms with E-state index in [1.807, 2.05) is 25.7 Å². The Morgan fingerprint density at radius 2 is 1.78 bits per heavy atom. The standard InChI is InChI=1S/C29H38N4O2S/c1-18-7-6-8-23-21(18)11-13-29(23)14-12-22-24(15-29)30-26(36-5)31-25(22)32-16-19-9-10-20(17-32)33(19)27(34)35-28(2,3)4/h6-8,19-20H,9-17H2,1-5H3/t19-,20+,29?. The van der Waals surface area contributed by atoms with Gasteiger partial charge in [0.2, 0.25) is 0 Å². The molecule has 2 saturated heterocycles. The summed E-state index contributed by atoms with van der Waals surface area (Å²) in [6.45, 7) is 9.72. The Labute approximate surface area is 219 Å². The Morgan fingerprint density at radius 3 is 2.44 bits per heavy atom. The lowest BCUT2D eigenvalue weighted by Crippen LogP contribution is -2.57. The van der Waals surface area contributed by atoms with E-state index in [1.165, 1.54) is 29.7 Å². The number of rotatable bonds is 2. The fourth-order valence-corrected chi connectivity index (χ4v) is 7.56. The maximum absolute atomic E-state index is 13.0. The first-order chi connectivity index (χ1) is 17.2. The Hall–Kier alpha value is -2.28. The number of fused-ring (bicyclic) bond motifs is 5. The van der Waals surface area contributed by atoms with Crippen LogP contribution in [-0.4, -0.2) is 58.0 Å². The first-order valence-corrected chi connectivity index (χ1v) is 14.7. The zero-order valence-electron chi connectivity index (χ0n) is 22.3. The molecule has 1 amide bonds. The molecule has 2 bridgehead atoms. The smallest absolute Gasteiger partial charge is 0.410 e. The van der Waals surface area contributed by atoms with Gasteiger partial charge in [-0.3, -0.25) is 4.90 Å². The van der Waals surface area contributed by atoms with Crippen molar-refractivity contribution in [2.24, 2.45) is 0 Å². The molecule has 36 heavy (non-hydrogen) atoms. The van der Waals surface area contributed by atoms with Crippen LogP contribution in [0.5, 0.6) is 0 Å². The minimum absolute atomic E-state index is 0.165.